The fourth-order valence-electron chi connectivity index (χ4n) is 3.11. The molecule has 2 aromatic carbocycles. The highest BCUT2D eigenvalue weighted by Gasteiger charge is 2.13. The van der Waals surface area contributed by atoms with Gasteiger partial charge in [-0.1, -0.05) is 0 Å². The molecule has 0 fully saturated rings. The van der Waals surface area contributed by atoms with Gasteiger partial charge < -0.3 is 19.3 Å². The van der Waals surface area contributed by atoms with Crippen LogP contribution in [0.15, 0.2) is 42.6 Å². The summed E-state index contributed by atoms with van der Waals surface area (Å²) in [5, 5.41) is 18.9. The Labute approximate surface area is 169 Å². The number of rotatable bonds is 7. The number of nitriles is 1. The van der Waals surface area contributed by atoms with Gasteiger partial charge in [-0.05, 0) is 42.0 Å². The lowest BCUT2D eigenvalue weighted by atomic mass is 10.0. The lowest BCUT2D eigenvalue weighted by Gasteiger charge is -2.14. The fourth-order valence-corrected chi connectivity index (χ4v) is 3.11. The summed E-state index contributed by atoms with van der Waals surface area (Å²) in [5.41, 5.74) is 3.46. The van der Waals surface area contributed by atoms with E-state index in [1.165, 1.54) is 14.2 Å². The zero-order valence-electron chi connectivity index (χ0n) is 16.5. The molecular weight excluding hydrogens is 370 g/mol. The minimum absolute atomic E-state index is 0.170. The highest BCUT2D eigenvalue weighted by Crippen LogP contribution is 2.33. The van der Waals surface area contributed by atoms with Crippen LogP contribution >= 0.6 is 0 Å². The summed E-state index contributed by atoms with van der Waals surface area (Å²) in [6.07, 6.45) is 2.13. The molecule has 0 amide bonds. The van der Waals surface area contributed by atoms with Gasteiger partial charge in [0, 0.05) is 23.7 Å². The molecule has 0 atom stereocenters. The number of ether oxygens (including phenoxy) is 3. The van der Waals surface area contributed by atoms with E-state index in [1.54, 1.807) is 31.5 Å². The number of benzene rings is 2. The van der Waals surface area contributed by atoms with E-state index in [0.29, 0.717) is 46.3 Å². The molecule has 0 aliphatic carbocycles. The fraction of sp³-hybridized carbons (Fsp3) is 0.227. The molecule has 0 aliphatic rings. The molecule has 1 aromatic heterocycles. The van der Waals surface area contributed by atoms with Crippen molar-refractivity contribution in [2.75, 3.05) is 21.3 Å². The number of aliphatic hydroxyl groups excluding tert-OH is 1. The smallest absolute Gasteiger partial charge is 0.166 e. The van der Waals surface area contributed by atoms with Crippen molar-refractivity contribution in [2.24, 2.45) is 0 Å². The van der Waals surface area contributed by atoms with Crippen molar-refractivity contribution in [3.63, 3.8) is 0 Å². The van der Waals surface area contributed by atoms with E-state index in [2.05, 4.69) is 16.0 Å². The van der Waals surface area contributed by atoms with Crippen LogP contribution in [0.2, 0.25) is 0 Å². The third-order valence-corrected chi connectivity index (χ3v) is 4.47. The van der Waals surface area contributed by atoms with E-state index < -0.39 is 0 Å². The first-order chi connectivity index (χ1) is 14.1. The Balaban J connectivity index is 1.94. The van der Waals surface area contributed by atoms with Crippen molar-refractivity contribution >= 4 is 0 Å². The molecule has 0 aliphatic heterocycles. The maximum absolute atomic E-state index is 9.64. The molecule has 7 nitrogen and oxygen atoms in total. The lowest BCUT2D eigenvalue weighted by molar-refractivity contribution is 0.269. The summed E-state index contributed by atoms with van der Waals surface area (Å²) < 4.78 is 15.9. The number of aliphatic hydroxyl groups is 1. The van der Waals surface area contributed by atoms with Gasteiger partial charge in [-0.2, -0.15) is 5.26 Å². The molecule has 3 aromatic rings. The quantitative estimate of drug-likeness (QED) is 0.661. The second-order valence-corrected chi connectivity index (χ2v) is 6.21. The Morgan fingerprint density at radius 1 is 1.00 bits per heavy atom. The number of nitrogens with zero attached hydrogens (tertiary/aromatic N) is 3. The summed E-state index contributed by atoms with van der Waals surface area (Å²) in [7, 11) is 4.62. The van der Waals surface area contributed by atoms with Gasteiger partial charge in [0.25, 0.3) is 0 Å². The molecule has 0 spiro atoms. The van der Waals surface area contributed by atoms with Crippen molar-refractivity contribution in [2.45, 2.75) is 13.0 Å². The van der Waals surface area contributed by atoms with Crippen LogP contribution in [-0.4, -0.2) is 36.4 Å². The van der Waals surface area contributed by atoms with Crippen LogP contribution in [0, 0.1) is 11.3 Å². The van der Waals surface area contributed by atoms with Crippen LogP contribution < -0.4 is 14.2 Å². The lowest BCUT2D eigenvalue weighted by Crippen LogP contribution is -2.02. The minimum Gasteiger partial charge on any atom is -0.495 e. The highest BCUT2D eigenvalue weighted by atomic mass is 16.5. The van der Waals surface area contributed by atoms with Gasteiger partial charge in [-0.25, -0.2) is 9.97 Å². The van der Waals surface area contributed by atoms with Gasteiger partial charge in [0.05, 0.1) is 39.2 Å². The summed E-state index contributed by atoms with van der Waals surface area (Å²) in [6, 6.07) is 13.0. The molecule has 0 saturated heterocycles. The maximum atomic E-state index is 9.64. The average Bonchev–Trinajstić information content (AvgIpc) is 2.77. The van der Waals surface area contributed by atoms with E-state index in [-0.39, 0.29) is 6.61 Å². The number of methoxy groups -OCH3 is 3. The number of aromatic nitrogens is 2. The summed E-state index contributed by atoms with van der Waals surface area (Å²) >= 11 is 0. The Bertz CT molecular complexity index is 1040. The van der Waals surface area contributed by atoms with Crippen LogP contribution in [0.25, 0.3) is 11.3 Å². The molecule has 7 heteroatoms. The molecule has 0 radical (unpaired) electrons. The van der Waals surface area contributed by atoms with Crippen LogP contribution in [0.4, 0.5) is 0 Å². The molecule has 3 rings (SSSR count). The van der Waals surface area contributed by atoms with E-state index >= 15 is 0 Å². The van der Waals surface area contributed by atoms with Crippen molar-refractivity contribution in [3.05, 3.63) is 65.1 Å². The molecule has 0 bridgehead atoms. The van der Waals surface area contributed by atoms with Crippen molar-refractivity contribution in [1.29, 1.82) is 5.26 Å². The highest BCUT2D eigenvalue weighted by molar-refractivity contribution is 5.64. The predicted octanol–water partition coefficient (Wildman–Crippen LogP) is 3.12. The van der Waals surface area contributed by atoms with Crippen LogP contribution in [-0.2, 0) is 13.0 Å². The van der Waals surface area contributed by atoms with Gasteiger partial charge in [-0.3, -0.25) is 0 Å². The Kier molecular flexibility index (Phi) is 6.27. The van der Waals surface area contributed by atoms with Gasteiger partial charge in [0.1, 0.15) is 17.6 Å². The topological polar surface area (TPSA) is 97.5 Å². The minimum atomic E-state index is -0.170. The number of hydrogen-bond acceptors (Lipinski definition) is 7. The van der Waals surface area contributed by atoms with Crippen molar-refractivity contribution in [1.82, 2.24) is 9.97 Å². The summed E-state index contributed by atoms with van der Waals surface area (Å²) in [6.45, 7) is -0.170. The zero-order chi connectivity index (χ0) is 20.8. The molecule has 1 heterocycles. The molecule has 0 unspecified atom stereocenters. The molecule has 0 saturated carbocycles. The van der Waals surface area contributed by atoms with Crippen LogP contribution in [0.1, 0.15) is 22.5 Å². The van der Waals surface area contributed by atoms with Crippen LogP contribution in [0.5, 0.6) is 17.2 Å². The second-order valence-electron chi connectivity index (χ2n) is 6.21. The Morgan fingerprint density at radius 3 is 2.45 bits per heavy atom. The average molecular weight is 391 g/mol. The van der Waals surface area contributed by atoms with Crippen molar-refractivity contribution < 1.29 is 19.3 Å². The van der Waals surface area contributed by atoms with Crippen molar-refractivity contribution in [3.8, 4) is 34.6 Å². The molecule has 29 heavy (non-hydrogen) atoms. The molecular formula is C22H21N3O4. The first-order valence-electron chi connectivity index (χ1n) is 8.88. The van der Waals surface area contributed by atoms with E-state index in [0.717, 1.165) is 11.1 Å². The first-order valence-corrected chi connectivity index (χ1v) is 8.88. The largest absolute Gasteiger partial charge is 0.495 e. The Hall–Kier alpha value is -3.63. The van der Waals surface area contributed by atoms with E-state index in [1.807, 2.05) is 18.2 Å². The van der Waals surface area contributed by atoms with Crippen LogP contribution in [0.3, 0.4) is 0 Å². The predicted molar refractivity (Wildman–Crippen MR) is 107 cm³/mol. The standard InChI is InChI=1S/C22H21N3O4/c1-27-19-5-4-15(11-16(19)12-23)18-6-7-24-21(25-18)10-14-8-17(13-26)22(29-3)20(9-14)28-2/h4-9,11,26H,10,13H2,1-3H3. The number of hydrogen-bond donors (Lipinski definition) is 1. The third-order valence-electron chi connectivity index (χ3n) is 4.47. The van der Waals surface area contributed by atoms with Gasteiger partial charge in [0.15, 0.2) is 11.5 Å². The Morgan fingerprint density at radius 2 is 1.79 bits per heavy atom. The van der Waals surface area contributed by atoms with Gasteiger partial charge >= 0.3 is 0 Å². The summed E-state index contributed by atoms with van der Waals surface area (Å²) in [4.78, 5) is 8.98. The molecule has 1 N–H and O–H groups in total. The monoisotopic (exact) mass is 391 g/mol. The van der Waals surface area contributed by atoms with E-state index in [4.69, 9.17) is 14.2 Å². The zero-order valence-corrected chi connectivity index (χ0v) is 16.5. The normalized spacial score (nSPS) is 10.3. The van der Waals surface area contributed by atoms with Gasteiger partial charge in [0.2, 0.25) is 0 Å². The third kappa shape index (κ3) is 4.28. The first kappa shape index (κ1) is 20.1. The molecule has 148 valence electrons. The summed E-state index contributed by atoms with van der Waals surface area (Å²) in [5.74, 6) is 2.18. The van der Waals surface area contributed by atoms with E-state index in [9.17, 15) is 10.4 Å². The maximum Gasteiger partial charge on any atom is 0.166 e. The van der Waals surface area contributed by atoms with Gasteiger partial charge in [-0.15, -0.1) is 0 Å². The second kappa shape index (κ2) is 9.04. The SMILES string of the molecule is COc1ccc(-c2ccnc(Cc3cc(CO)c(OC)c(OC)c3)n2)cc1C#N.